The van der Waals surface area contributed by atoms with Crippen LogP contribution in [0.25, 0.3) is 0 Å². The molecule has 1 amide bonds. The van der Waals surface area contributed by atoms with Crippen molar-refractivity contribution < 1.29 is 4.79 Å². The van der Waals surface area contributed by atoms with Crippen molar-refractivity contribution in [2.45, 2.75) is 19.8 Å². The molecule has 0 bridgehead atoms. The third kappa shape index (κ3) is 3.33. The number of nitrogens with zero attached hydrogens (tertiary/aromatic N) is 2. The van der Waals surface area contributed by atoms with Crippen molar-refractivity contribution in [3.05, 3.63) is 29.6 Å². The molecule has 0 aromatic carbocycles. The average molecular weight is 257 g/mol. The number of nitrogens with two attached hydrogens (primary N) is 1. The van der Waals surface area contributed by atoms with E-state index in [0.29, 0.717) is 17.0 Å². The van der Waals surface area contributed by atoms with Gasteiger partial charge in [0.15, 0.2) is 0 Å². The van der Waals surface area contributed by atoms with E-state index >= 15 is 0 Å². The first-order valence-electron chi connectivity index (χ1n) is 6.64. The van der Waals surface area contributed by atoms with Gasteiger partial charge in [0.1, 0.15) is 0 Å². The molecule has 2 rings (SSSR count). The van der Waals surface area contributed by atoms with Gasteiger partial charge in [0.25, 0.3) is 5.91 Å². The van der Waals surface area contributed by atoms with Crippen LogP contribution in [0.1, 0.15) is 35.7 Å². The summed E-state index contributed by atoms with van der Waals surface area (Å²) in [7, 11) is 0. The van der Waals surface area contributed by atoms with Crippen LogP contribution >= 0.6 is 0 Å². The quantitative estimate of drug-likeness (QED) is 0.771. The number of carbonyl (C=O) groups excluding carboxylic acids is 1. The molecular weight excluding hydrogens is 238 g/mol. The van der Waals surface area contributed by atoms with E-state index in [2.05, 4.69) is 23.7 Å². The number of aromatic nitrogens is 1. The lowest BCUT2D eigenvalue weighted by Gasteiger charge is -2.31. The molecule has 1 aliphatic rings. The van der Waals surface area contributed by atoms with Crippen LogP contribution in [0.4, 0.5) is 0 Å². The lowest BCUT2D eigenvalue weighted by atomic mass is 9.99. The summed E-state index contributed by atoms with van der Waals surface area (Å²) >= 11 is 0. The molecule has 1 saturated heterocycles. The molecule has 1 aliphatic heterocycles. The lowest BCUT2D eigenvalue weighted by Crippen LogP contribution is -2.39. The number of carbonyl (C=O) groups is 1. The van der Waals surface area contributed by atoms with Crippen molar-refractivity contribution in [1.82, 2.24) is 9.88 Å². The minimum Gasteiger partial charge on any atom is -0.338 e. The zero-order valence-corrected chi connectivity index (χ0v) is 11.2. The summed E-state index contributed by atoms with van der Waals surface area (Å²) in [5, 5.41) is 0. The van der Waals surface area contributed by atoms with E-state index < -0.39 is 0 Å². The fraction of sp³-hybridized carbons (Fsp3) is 0.467. The fourth-order valence-electron chi connectivity index (χ4n) is 2.37. The van der Waals surface area contributed by atoms with Crippen LogP contribution < -0.4 is 5.73 Å². The second kappa shape index (κ2) is 6.35. The Morgan fingerprint density at radius 1 is 1.63 bits per heavy atom. The smallest absolute Gasteiger partial charge is 0.255 e. The Bertz CT molecular complexity index is 516. The third-order valence-corrected chi connectivity index (χ3v) is 3.32. The molecule has 0 spiro atoms. The van der Waals surface area contributed by atoms with Crippen LogP contribution in [0.2, 0.25) is 0 Å². The van der Waals surface area contributed by atoms with Crippen molar-refractivity contribution in [3.8, 4) is 11.8 Å². The molecule has 100 valence electrons. The van der Waals surface area contributed by atoms with Gasteiger partial charge in [0.2, 0.25) is 0 Å². The van der Waals surface area contributed by atoms with Crippen molar-refractivity contribution >= 4 is 5.91 Å². The second-order valence-electron chi connectivity index (χ2n) is 4.93. The molecule has 2 N–H and O–H groups in total. The van der Waals surface area contributed by atoms with Crippen LogP contribution in [-0.2, 0) is 0 Å². The topological polar surface area (TPSA) is 59.2 Å². The number of hydrogen-bond donors (Lipinski definition) is 1. The first kappa shape index (κ1) is 13.6. The predicted octanol–water partition coefficient (Wildman–Crippen LogP) is 1.26. The Kier molecular flexibility index (Phi) is 4.53. The highest BCUT2D eigenvalue weighted by molar-refractivity contribution is 5.96. The number of rotatable bonds is 1. The molecule has 0 saturated carbocycles. The highest BCUT2D eigenvalue weighted by atomic mass is 16.2. The number of hydrogen-bond acceptors (Lipinski definition) is 3. The summed E-state index contributed by atoms with van der Waals surface area (Å²) in [6, 6.07) is 1.74. The molecule has 19 heavy (non-hydrogen) atoms. The fourth-order valence-corrected chi connectivity index (χ4v) is 2.37. The summed E-state index contributed by atoms with van der Waals surface area (Å²) in [6.07, 6.45) is 5.53. The van der Waals surface area contributed by atoms with Crippen LogP contribution in [0.5, 0.6) is 0 Å². The van der Waals surface area contributed by atoms with Crippen molar-refractivity contribution in [1.29, 1.82) is 0 Å². The Labute approximate surface area is 114 Å². The Hall–Kier alpha value is -1.86. The molecule has 0 aliphatic carbocycles. The van der Waals surface area contributed by atoms with Gasteiger partial charge in [-0.2, -0.15) is 0 Å². The summed E-state index contributed by atoms with van der Waals surface area (Å²) < 4.78 is 0. The van der Waals surface area contributed by atoms with Crippen molar-refractivity contribution in [2.75, 3.05) is 19.6 Å². The van der Waals surface area contributed by atoms with Crippen LogP contribution in [0.3, 0.4) is 0 Å². The maximum absolute atomic E-state index is 12.5. The molecular formula is C15H19N3O. The summed E-state index contributed by atoms with van der Waals surface area (Å²) in [5.74, 6) is 6.32. The second-order valence-corrected chi connectivity index (χ2v) is 4.93. The summed E-state index contributed by atoms with van der Waals surface area (Å²) in [6.45, 7) is 4.12. The Balaban J connectivity index is 2.23. The summed E-state index contributed by atoms with van der Waals surface area (Å²) in [4.78, 5) is 18.5. The number of likely N-dealkylation sites (tertiary alicyclic amines) is 1. The van der Waals surface area contributed by atoms with Gasteiger partial charge in [-0.15, -0.1) is 0 Å². The number of pyridine rings is 1. The van der Waals surface area contributed by atoms with Gasteiger partial charge in [-0.1, -0.05) is 18.8 Å². The average Bonchev–Trinajstić information content (AvgIpc) is 2.44. The zero-order valence-electron chi connectivity index (χ0n) is 11.2. The van der Waals surface area contributed by atoms with E-state index in [4.69, 9.17) is 5.73 Å². The van der Waals surface area contributed by atoms with Gasteiger partial charge < -0.3 is 10.6 Å². The minimum atomic E-state index is 0.0512. The van der Waals surface area contributed by atoms with Gasteiger partial charge >= 0.3 is 0 Å². The van der Waals surface area contributed by atoms with E-state index in [9.17, 15) is 4.79 Å². The normalized spacial score (nSPS) is 18.6. The molecule has 2 heterocycles. The third-order valence-electron chi connectivity index (χ3n) is 3.32. The standard InChI is InChI=1S/C15H19N3O/c1-12-4-3-9-18(11-12)15(19)14-6-8-17-10-13(14)5-2-7-16/h6,8,10,12H,3-4,7,9,11,16H2,1H3. The van der Waals surface area contributed by atoms with E-state index in [1.165, 1.54) is 6.42 Å². The Morgan fingerprint density at radius 2 is 2.47 bits per heavy atom. The van der Waals surface area contributed by atoms with E-state index in [1.54, 1.807) is 18.5 Å². The molecule has 4 nitrogen and oxygen atoms in total. The maximum atomic E-state index is 12.5. The highest BCUT2D eigenvalue weighted by Crippen LogP contribution is 2.18. The van der Waals surface area contributed by atoms with Crippen LogP contribution in [0, 0.1) is 17.8 Å². The molecule has 1 aromatic rings. The number of piperidine rings is 1. The zero-order chi connectivity index (χ0) is 13.7. The summed E-state index contributed by atoms with van der Waals surface area (Å²) in [5.41, 5.74) is 6.67. The van der Waals surface area contributed by atoms with Gasteiger partial charge in [0.05, 0.1) is 17.7 Å². The molecule has 1 fully saturated rings. The number of amides is 1. The van der Waals surface area contributed by atoms with Gasteiger partial charge in [0, 0.05) is 25.5 Å². The van der Waals surface area contributed by atoms with E-state index in [-0.39, 0.29) is 12.5 Å². The van der Waals surface area contributed by atoms with Gasteiger partial charge in [-0.3, -0.25) is 9.78 Å². The minimum absolute atomic E-state index is 0.0512. The molecule has 1 aromatic heterocycles. The van der Waals surface area contributed by atoms with Gasteiger partial charge in [-0.25, -0.2) is 0 Å². The largest absolute Gasteiger partial charge is 0.338 e. The highest BCUT2D eigenvalue weighted by Gasteiger charge is 2.23. The SMILES string of the molecule is CC1CCCN(C(=O)c2ccncc2C#CCN)C1. The van der Waals surface area contributed by atoms with Crippen molar-refractivity contribution in [3.63, 3.8) is 0 Å². The molecule has 0 radical (unpaired) electrons. The lowest BCUT2D eigenvalue weighted by molar-refractivity contribution is 0.0682. The first-order chi connectivity index (χ1) is 9.22. The van der Waals surface area contributed by atoms with Crippen LogP contribution in [-0.4, -0.2) is 35.4 Å². The predicted molar refractivity (Wildman–Crippen MR) is 74.5 cm³/mol. The maximum Gasteiger partial charge on any atom is 0.255 e. The van der Waals surface area contributed by atoms with E-state index in [1.807, 2.05) is 4.90 Å². The van der Waals surface area contributed by atoms with Crippen LogP contribution in [0.15, 0.2) is 18.5 Å². The Morgan fingerprint density at radius 3 is 3.21 bits per heavy atom. The first-order valence-corrected chi connectivity index (χ1v) is 6.64. The van der Waals surface area contributed by atoms with Gasteiger partial charge in [-0.05, 0) is 24.8 Å². The molecule has 1 atom stereocenters. The van der Waals surface area contributed by atoms with Crippen molar-refractivity contribution in [2.24, 2.45) is 11.7 Å². The molecule has 4 heteroatoms. The molecule has 1 unspecified atom stereocenters. The van der Waals surface area contributed by atoms with E-state index in [0.717, 1.165) is 19.5 Å². The monoisotopic (exact) mass is 257 g/mol.